The standard InChI is InChI=1S/C12H16BrClN2.ClH/c1-8-5-16(7-12(8)15)6-9-2-3-11(14)10(13)4-9;/h2-4,8,12H,5-7,15H2,1H3;1H. The maximum atomic E-state index is 6.00. The van der Waals surface area contributed by atoms with E-state index in [9.17, 15) is 0 Å². The molecule has 2 nitrogen and oxygen atoms in total. The molecule has 1 saturated heterocycles. The maximum Gasteiger partial charge on any atom is 0.0548 e. The quantitative estimate of drug-likeness (QED) is 0.895. The lowest BCUT2D eigenvalue weighted by Gasteiger charge is -2.15. The Kier molecular flexibility index (Phi) is 5.74. The molecule has 0 bridgehead atoms. The van der Waals surface area contributed by atoms with Gasteiger partial charge in [-0.15, -0.1) is 12.4 Å². The molecule has 1 aromatic rings. The number of hydrogen-bond acceptors (Lipinski definition) is 2. The summed E-state index contributed by atoms with van der Waals surface area (Å²) in [5.74, 6) is 0.593. The average Bonchev–Trinajstić information content (AvgIpc) is 2.52. The summed E-state index contributed by atoms with van der Waals surface area (Å²) in [6.45, 7) is 5.24. The first-order chi connectivity index (χ1) is 7.56. The highest BCUT2D eigenvalue weighted by Crippen LogP contribution is 2.25. The molecule has 0 saturated carbocycles. The van der Waals surface area contributed by atoms with Crippen LogP contribution in [-0.2, 0) is 6.54 Å². The minimum absolute atomic E-state index is 0. The number of hydrogen-bond donors (Lipinski definition) is 1. The van der Waals surface area contributed by atoms with Crippen molar-refractivity contribution in [3.8, 4) is 0 Å². The number of rotatable bonds is 2. The van der Waals surface area contributed by atoms with Crippen molar-refractivity contribution in [3.05, 3.63) is 33.3 Å². The SMILES string of the molecule is CC1CN(Cc2ccc(Cl)c(Br)c2)CC1N.Cl. The molecule has 1 aliphatic heterocycles. The van der Waals surface area contributed by atoms with Crippen LogP contribution in [0.15, 0.2) is 22.7 Å². The molecular formula is C12H17BrCl2N2. The van der Waals surface area contributed by atoms with E-state index in [1.807, 2.05) is 6.07 Å². The molecular weight excluding hydrogens is 323 g/mol. The summed E-state index contributed by atoms with van der Waals surface area (Å²) >= 11 is 9.41. The maximum absolute atomic E-state index is 6.00. The highest BCUT2D eigenvalue weighted by molar-refractivity contribution is 9.10. The van der Waals surface area contributed by atoms with Gasteiger partial charge >= 0.3 is 0 Å². The first kappa shape index (κ1) is 15.3. The summed E-state index contributed by atoms with van der Waals surface area (Å²) in [5, 5.41) is 0.759. The summed E-state index contributed by atoms with van der Waals surface area (Å²) in [4.78, 5) is 2.39. The molecule has 1 aliphatic rings. The Morgan fingerprint density at radius 1 is 1.47 bits per heavy atom. The molecule has 0 spiro atoms. The summed E-state index contributed by atoms with van der Waals surface area (Å²) in [7, 11) is 0. The first-order valence-corrected chi connectivity index (χ1v) is 6.65. The Morgan fingerprint density at radius 3 is 2.71 bits per heavy atom. The van der Waals surface area contributed by atoms with Crippen LogP contribution in [0.5, 0.6) is 0 Å². The summed E-state index contributed by atoms with van der Waals surface area (Å²) in [5.41, 5.74) is 7.28. The monoisotopic (exact) mass is 338 g/mol. The predicted molar refractivity (Wildman–Crippen MR) is 78.8 cm³/mol. The molecule has 1 heterocycles. The fourth-order valence-corrected chi connectivity index (χ4v) is 2.66. The molecule has 1 fully saturated rings. The lowest BCUT2D eigenvalue weighted by molar-refractivity contribution is 0.319. The van der Waals surface area contributed by atoms with E-state index in [0.717, 1.165) is 29.1 Å². The molecule has 0 aromatic heterocycles. The number of benzene rings is 1. The molecule has 1 aromatic carbocycles. The van der Waals surface area contributed by atoms with Gasteiger partial charge in [-0.05, 0) is 39.5 Å². The number of likely N-dealkylation sites (tertiary alicyclic amines) is 1. The van der Waals surface area contributed by atoms with Crippen LogP contribution in [-0.4, -0.2) is 24.0 Å². The van der Waals surface area contributed by atoms with Crippen molar-refractivity contribution in [2.75, 3.05) is 13.1 Å². The normalized spacial score (nSPS) is 24.7. The molecule has 2 atom stereocenters. The topological polar surface area (TPSA) is 29.3 Å². The van der Waals surface area contributed by atoms with E-state index < -0.39 is 0 Å². The summed E-state index contributed by atoms with van der Waals surface area (Å²) in [6.07, 6.45) is 0. The summed E-state index contributed by atoms with van der Waals surface area (Å²) in [6, 6.07) is 6.40. The Balaban J connectivity index is 0.00000144. The molecule has 0 amide bonds. The van der Waals surface area contributed by atoms with Gasteiger partial charge in [-0.1, -0.05) is 24.6 Å². The molecule has 2 N–H and O–H groups in total. The van der Waals surface area contributed by atoms with Crippen LogP contribution in [0.4, 0.5) is 0 Å². The van der Waals surface area contributed by atoms with E-state index in [1.165, 1.54) is 5.56 Å². The number of nitrogens with zero attached hydrogens (tertiary/aromatic N) is 1. The van der Waals surface area contributed by atoms with Crippen LogP contribution in [0.3, 0.4) is 0 Å². The third-order valence-corrected chi connectivity index (χ3v) is 4.35. The molecule has 0 aliphatic carbocycles. The molecule has 96 valence electrons. The van der Waals surface area contributed by atoms with E-state index >= 15 is 0 Å². The second-order valence-electron chi connectivity index (χ2n) is 4.58. The summed E-state index contributed by atoms with van der Waals surface area (Å²) < 4.78 is 0.961. The Labute approximate surface area is 122 Å². The van der Waals surface area contributed by atoms with E-state index in [2.05, 4.69) is 39.9 Å². The van der Waals surface area contributed by atoms with Gasteiger partial charge in [0.25, 0.3) is 0 Å². The molecule has 2 unspecified atom stereocenters. The van der Waals surface area contributed by atoms with Crippen molar-refractivity contribution in [1.82, 2.24) is 4.90 Å². The van der Waals surface area contributed by atoms with Crippen LogP contribution < -0.4 is 5.73 Å². The van der Waals surface area contributed by atoms with Gasteiger partial charge < -0.3 is 5.73 Å². The van der Waals surface area contributed by atoms with Gasteiger partial charge in [0.1, 0.15) is 0 Å². The highest BCUT2D eigenvalue weighted by Gasteiger charge is 2.26. The van der Waals surface area contributed by atoms with Crippen molar-refractivity contribution in [1.29, 1.82) is 0 Å². The lowest BCUT2D eigenvalue weighted by Crippen LogP contribution is -2.28. The van der Waals surface area contributed by atoms with Gasteiger partial charge in [0.05, 0.1) is 5.02 Å². The van der Waals surface area contributed by atoms with Crippen LogP contribution in [0, 0.1) is 5.92 Å². The minimum atomic E-state index is 0. The zero-order valence-corrected chi connectivity index (χ0v) is 12.9. The van der Waals surface area contributed by atoms with Crippen LogP contribution in [0.2, 0.25) is 5.02 Å². The zero-order chi connectivity index (χ0) is 11.7. The second kappa shape index (κ2) is 6.39. The smallest absolute Gasteiger partial charge is 0.0548 e. The minimum Gasteiger partial charge on any atom is -0.326 e. The fourth-order valence-electron chi connectivity index (χ4n) is 2.12. The van der Waals surface area contributed by atoms with E-state index in [1.54, 1.807) is 0 Å². The van der Waals surface area contributed by atoms with Gasteiger partial charge in [-0.25, -0.2) is 0 Å². The van der Waals surface area contributed by atoms with Crippen molar-refractivity contribution >= 4 is 39.9 Å². The van der Waals surface area contributed by atoms with Crippen molar-refractivity contribution in [2.24, 2.45) is 11.7 Å². The van der Waals surface area contributed by atoms with Gasteiger partial charge in [0, 0.05) is 30.1 Å². The first-order valence-electron chi connectivity index (χ1n) is 5.48. The van der Waals surface area contributed by atoms with Crippen LogP contribution in [0.25, 0.3) is 0 Å². The van der Waals surface area contributed by atoms with Crippen LogP contribution >= 0.6 is 39.9 Å². The third-order valence-electron chi connectivity index (χ3n) is 3.14. The van der Waals surface area contributed by atoms with Gasteiger partial charge in [-0.3, -0.25) is 4.90 Å². The van der Waals surface area contributed by atoms with Crippen molar-refractivity contribution in [2.45, 2.75) is 19.5 Å². The predicted octanol–water partition coefficient (Wildman–Crippen LogP) is 3.30. The van der Waals surface area contributed by atoms with Crippen molar-refractivity contribution < 1.29 is 0 Å². The fraction of sp³-hybridized carbons (Fsp3) is 0.500. The van der Waals surface area contributed by atoms with E-state index in [0.29, 0.717) is 12.0 Å². The van der Waals surface area contributed by atoms with Crippen LogP contribution in [0.1, 0.15) is 12.5 Å². The van der Waals surface area contributed by atoms with E-state index in [4.69, 9.17) is 17.3 Å². The largest absolute Gasteiger partial charge is 0.326 e. The molecule has 0 radical (unpaired) electrons. The third kappa shape index (κ3) is 3.83. The second-order valence-corrected chi connectivity index (χ2v) is 5.85. The van der Waals surface area contributed by atoms with Gasteiger partial charge in [0.15, 0.2) is 0 Å². The Morgan fingerprint density at radius 2 is 2.18 bits per heavy atom. The van der Waals surface area contributed by atoms with Gasteiger partial charge in [-0.2, -0.15) is 0 Å². The Bertz CT molecular complexity index is 377. The van der Waals surface area contributed by atoms with E-state index in [-0.39, 0.29) is 12.4 Å². The molecule has 17 heavy (non-hydrogen) atoms. The Hall–Kier alpha value is 0.200. The van der Waals surface area contributed by atoms with Gasteiger partial charge in [0.2, 0.25) is 0 Å². The average molecular weight is 340 g/mol. The zero-order valence-electron chi connectivity index (χ0n) is 9.70. The van der Waals surface area contributed by atoms with Crippen molar-refractivity contribution in [3.63, 3.8) is 0 Å². The molecule has 5 heteroatoms. The number of nitrogens with two attached hydrogens (primary N) is 1. The number of halogens is 3. The highest BCUT2D eigenvalue weighted by atomic mass is 79.9. The lowest BCUT2D eigenvalue weighted by atomic mass is 10.1. The molecule has 2 rings (SSSR count).